The van der Waals surface area contributed by atoms with Crippen LogP contribution in [-0.4, -0.2) is 0 Å². The first kappa shape index (κ1) is 31.9. The molecule has 0 fully saturated rings. The summed E-state index contributed by atoms with van der Waals surface area (Å²) in [6, 6.07) is 4.70. The summed E-state index contributed by atoms with van der Waals surface area (Å²) in [4.78, 5) is 0. The van der Waals surface area contributed by atoms with E-state index in [1.807, 2.05) is 0 Å². The molecule has 0 atom stereocenters. The van der Waals surface area contributed by atoms with Crippen molar-refractivity contribution in [2.24, 2.45) is 0 Å². The number of aryl methyl sites for hydroxylation is 2. The number of rotatable bonds is 26. The zero-order valence-corrected chi connectivity index (χ0v) is 24.1. The lowest BCUT2D eigenvalue weighted by molar-refractivity contribution is -0.697. The van der Waals surface area contributed by atoms with Gasteiger partial charge in [-0.05, 0) is 50.5 Å². The van der Waals surface area contributed by atoms with Crippen LogP contribution in [0.5, 0.6) is 0 Å². The summed E-state index contributed by atoms with van der Waals surface area (Å²) in [6.45, 7) is 5.77. The van der Waals surface area contributed by atoms with Gasteiger partial charge in [-0.2, -0.15) is 0 Å². The molecule has 0 radical (unpaired) electrons. The van der Waals surface area contributed by atoms with Gasteiger partial charge >= 0.3 is 0 Å². The summed E-state index contributed by atoms with van der Waals surface area (Å²) in [5.74, 6) is 0. The second-order valence-electron chi connectivity index (χ2n) is 11.0. The molecule has 0 bridgehead atoms. The van der Waals surface area contributed by atoms with Crippen molar-refractivity contribution < 1.29 is 4.57 Å². The second kappa shape index (κ2) is 26.0. The molecule has 1 aromatic rings. The molecule has 202 valence electrons. The average Bonchev–Trinajstić information content (AvgIpc) is 2.88. The maximum atomic E-state index is 2.43. The van der Waals surface area contributed by atoms with Gasteiger partial charge < -0.3 is 0 Å². The highest BCUT2D eigenvalue weighted by Crippen LogP contribution is 2.12. The molecule has 1 rings (SSSR count). The van der Waals surface area contributed by atoms with Crippen LogP contribution >= 0.6 is 0 Å². The van der Waals surface area contributed by atoms with Crippen molar-refractivity contribution in [1.29, 1.82) is 0 Å². The van der Waals surface area contributed by atoms with Crippen LogP contribution in [-0.2, 0) is 13.0 Å². The molecule has 1 nitrogen and oxygen atoms in total. The van der Waals surface area contributed by atoms with Gasteiger partial charge in [0.05, 0.1) is 0 Å². The van der Waals surface area contributed by atoms with E-state index in [0.717, 1.165) is 0 Å². The van der Waals surface area contributed by atoms with E-state index in [1.165, 1.54) is 166 Å². The topological polar surface area (TPSA) is 3.88 Å². The van der Waals surface area contributed by atoms with Crippen LogP contribution < -0.4 is 4.57 Å². The molecule has 0 saturated heterocycles. The molecular weight excluding hydrogens is 422 g/mol. The molecule has 0 aliphatic carbocycles. The Hall–Kier alpha value is -1.11. The van der Waals surface area contributed by atoms with Gasteiger partial charge in [0.25, 0.3) is 0 Å². The summed E-state index contributed by atoms with van der Waals surface area (Å²) in [7, 11) is 0. The summed E-state index contributed by atoms with van der Waals surface area (Å²) in [5, 5.41) is 0. The Balaban J connectivity index is 1.87. The zero-order valence-electron chi connectivity index (χ0n) is 24.1. The third kappa shape index (κ3) is 21.9. The van der Waals surface area contributed by atoms with Crippen molar-refractivity contribution in [2.75, 3.05) is 0 Å². The van der Waals surface area contributed by atoms with Crippen LogP contribution in [0.3, 0.4) is 0 Å². The molecule has 0 spiro atoms. The zero-order chi connectivity index (χ0) is 25.1. The maximum Gasteiger partial charge on any atom is 0.169 e. The number of aromatic nitrogens is 1. The number of pyridine rings is 1. The molecule has 0 aliphatic heterocycles. The summed E-state index contributed by atoms with van der Waals surface area (Å²) in [6.07, 6.45) is 42.8. The van der Waals surface area contributed by atoms with Crippen molar-refractivity contribution in [3.8, 4) is 0 Å². The number of unbranched alkanes of at least 4 members (excludes halogenated alkanes) is 20. The van der Waals surface area contributed by atoms with Crippen LogP contribution in [0.2, 0.25) is 0 Å². The summed E-state index contributed by atoms with van der Waals surface area (Å²) >= 11 is 0. The molecule has 1 aromatic heterocycles. The Kier molecular flexibility index (Phi) is 23.7. The molecule has 0 unspecified atom stereocenters. The maximum absolute atomic E-state index is 2.43. The van der Waals surface area contributed by atoms with E-state index in [0.29, 0.717) is 0 Å². The van der Waals surface area contributed by atoms with Gasteiger partial charge in [0, 0.05) is 18.6 Å². The molecule has 0 amide bonds. The predicted octanol–water partition coefficient (Wildman–Crippen LogP) is 11.1. The first-order valence-corrected chi connectivity index (χ1v) is 16.0. The molecule has 0 aromatic carbocycles. The quantitative estimate of drug-likeness (QED) is 0.0699. The molecule has 0 aliphatic rings. The van der Waals surface area contributed by atoms with Crippen molar-refractivity contribution in [1.82, 2.24) is 0 Å². The van der Waals surface area contributed by atoms with Gasteiger partial charge in [-0.15, -0.1) is 0 Å². The monoisotopic (exact) mass is 484 g/mol. The standard InChI is InChI=1S/C34H62N/c1-3-5-7-9-11-13-14-15-16-17-18-19-21-23-25-27-31-35-32-29-34(30-33-35)28-26-24-22-20-12-10-8-6-4-2/h15-16,29-30,32-33H,3-14,17-28,31H2,1-2H3/q+1. The minimum atomic E-state index is 1.18. The largest absolute Gasteiger partial charge is 0.205 e. The minimum absolute atomic E-state index is 1.18. The highest BCUT2D eigenvalue weighted by atomic mass is 14.9. The van der Waals surface area contributed by atoms with Crippen LogP contribution in [0.4, 0.5) is 0 Å². The van der Waals surface area contributed by atoms with Crippen LogP contribution in [0.25, 0.3) is 0 Å². The summed E-state index contributed by atoms with van der Waals surface area (Å²) in [5.41, 5.74) is 1.52. The van der Waals surface area contributed by atoms with Gasteiger partial charge in [0.15, 0.2) is 12.4 Å². The van der Waals surface area contributed by atoms with Gasteiger partial charge in [-0.25, -0.2) is 4.57 Å². The Bertz CT molecular complexity index is 558. The molecule has 1 heteroatoms. The highest BCUT2D eigenvalue weighted by Gasteiger charge is 2.02. The van der Waals surface area contributed by atoms with E-state index < -0.39 is 0 Å². The first-order chi connectivity index (χ1) is 17.4. The molecular formula is C34H62N+. The first-order valence-electron chi connectivity index (χ1n) is 16.0. The molecule has 35 heavy (non-hydrogen) atoms. The smallest absolute Gasteiger partial charge is 0.169 e. The van der Waals surface area contributed by atoms with Crippen molar-refractivity contribution >= 4 is 0 Å². The predicted molar refractivity (Wildman–Crippen MR) is 157 cm³/mol. The number of hydrogen-bond donors (Lipinski definition) is 0. The van der Waals surface area contributed by atoms with E-state index in [4.69, 9.17) is 0 Å². The number of nitrogens with zero attached hydrogens (tertiary/aromatic N) is 1. The van der Waals surface area contributed by atoms with Crippen LogP contribution in [0.15, 0.2) is 36.7 Å². The minimum Gasteiger partial charge on any atom is -0.205 e. The van der Waals surface area contributed by atoms with E-state index in [-0.39, 0.29) is 0 Å². The van der Waals surface area contributed by atoms with E-state index in [1.54, 1.807) is 0 Å². The van der Waals surface area contributed by atoms with Gasteiger partial charge in [-0.1, -0.05) is 129 Å². The number of hydrogen-bond acceptors (Lipinski definition) is 0. The fraction of sp³-hybridized carbons (Fsp3) is 0.794. The molecule has 0 N–H and O–H groups in total. The normalized spacial score (nSPS) is 11.6. The van der Waals surface area contributed by atoms with Crippen molar-refractivity contribution in [3.63, 3.8) is 0 Å². The van der Waals surface area contributed by atoms with Gasteiger partial charge in [-0.3, -0.25) is 0 Å². The third-order valence-corrected chi connectivity index (χ3v) is 7.46. The van der Waals surface area contributed by atoms with Crippen molar-refractivity contribution in [2.45, 2.75) is 174 Å². The summed E-state index contributed by atoms with van der Waals surface area (Å²) < 4.78 is 2.38. The Labute approximate surface area is 221 Å². The second-order valence-corrected chi connectivity index (χ2v) is 11.0. The number of allylic oxidation sites excluding steroid dienone is 2. The Morgan fingerprint density at radius 2 is 0.886 bits per heavy atom. The van der Waals surface area contributed by atoms with Crippen LogP contribution in [0.1, 0.15) is 167 Å². The fourth-order valence-electron chi connectivity index (χ4n) is 4.99. The van der Waals surface area contributed by atoms with E-state index in [9.17, 15) is 0 Å². The Morgan fingerprint density at radius 1 is 0.486 bits per heavy atom. The van der Waals surface area contributed by atoms with Gasteiger partial charge in [0.1, 0.15) is 6.54 Å². The molecule has 1 heterocycles. The van der Waals surface area contributed by atoms with Crippen molar-refractivity contribution in [3.05, 3.63) is 42.2 Å². The lowest BCUT2D eigenvalue weighted by Gasteiger charge is -2.03. The van der Waals surface area contributed by atoms with Gasteiger partial charge in [0.2, 0.25) is 0 Å². The SMILES string of the molecule is CCCCCCCCC=CCCCCCCCC[n+]1ccc(CCCCCCCCCCC)cc1. The average molecular weight is 485 g/mol. The third-order valence-electron chi connectivity index (χ3n) is 7.46. The Morgan fingerprint density at radius 3 is 1.37 bits per heavy atom. The lowest BCUT2D eigenvalue weighted by atomic mass is 10.0. The van der Waals surface area contributed by atoms with E-state index >= 15 is 0 Å². The fourth-order valence-corrected chi connectivity index (χ4v) is 4.99. The van der Waals surface area contributed by atoms with Crippen LogP contribution in [0, 0.1) is 0 Å². The lowest BCUT2D eigenvalue weighted by Crippen LogP contribution is -2.32. The van der Waals surface area contributed by atoms with E-state index in [2.05, 4.69) is 55.1 Å². The highest BCUT2D eigenvalue weighted by molar-refractivity contribution is 5.07. The molecule has 0 saturated carbocycles.